The lowest BCUT2D eigenvalue weighted by molar-refractivity contribution is 0.0787. The topological polar surface area (TPSA) is 46.3 Å². The van der Waals surface area contributed by atoms with Crippen LogP contribution >= 0.6 is 27.3 Å². The van der Waals surface area contributed by atoms with Crippen LogP contribution in [-0.2, 0) is 6.54 Å². The molecule has 0 fully saturated rings. The van der Waals surface area contributed by atoms with Crippen LogP contribution in [0, 0.1) is 6.92 Å². The van der Waals surface area contributed by atoms with Gasteiger partial charge in [-0.25, -0.2) is 0 Å². The van der Waals surface area contributed by atoms with Crippen LogP contribution < -0.4 is 5.73 Å². The SMILES string of the molecule is Cc1cccc(N)c1C(=O)N(C)Cc1cc(Br)cs1. The summed E-state index contributed by atoms with van der Waals surface area (Å²) in [5.41, 5.74) is 7.94. The highest BCUT2D eigenvalue weighted by Gasteiger charge is 2.17. The fourth-order valence-electron chi connectivity index (χ4n) is 1.92. The van der Waals surface area contributed by atoms with Crippen molar-refractivity contribution in [1.82, 2.24) is 4.90 Å². The monoisotopic (exact) mass is 338 g/mol. The second kappa shape index (κ2) is 5.75. The Kier molecular flexibility index (Phi) is 4.27. The van der Waals surface area contributed by atoms with E-state index in [0.29, 0.717) is 17.8 Å². The number of anilines is 1. The first-order valence-corrected chi connectivity index (χ1v) is 7.49. The van der Waals surface area contributed by atoms with Gasteiger partial charge in [0.1, 0.15) is 0 Å². The van der Waals surface area contributed by atoms with Crippen LogP contribution in [0.2, 0.25) is 0 Å². The summed E-state index contributed by atoms with van der Waals surface area (Å²) in [6.45, 7) is 2.49. The van der Waals surface area contributed by atoms with E-state index in [4.69, 9.17) is 5.73 Å². The Balaban J connectivity index is 2.19. The number of rotatable bonds is 3. The molecule has 2 aromatic rings. The minimum atomic E-state index is -0.0416. The molecular weight excluding hydrogens is 324 g/mol. The molecule has 19 heavy (non-hydrogen) atoms. The van der Waals surface area contributed by atoms with Crippen LogP contribution in [0.15, 0.2) is 34.1 Å². The Hall–Kier alpha value is -1.33. The van der Waals surface area contributed by atoms with Gasteiger partial charge in [0.05, 0.1) is 12.1 Å². The minimum Gasteiger partial charge on any atom is -0.398 e. The van der Waals surface area contributed by atoms with Crippen LogP contribution in [0.4, 0.5) is 5.69 Å². The number of benzene rings is 1. The minimum absolute atomic E-state index is 0.0416. The zero-order valence-corrected chi connectivity index (χ0v) is 13.2. The van der Waals surface area contributed by atoms with E-state index < -0.39 is 0 Å². The molecule has 3 nitrogen and oxygen atoms in total. The predicted octanol–water partition coefficient (Wildman–Crippen LogP) is 3.67. The second-order valence-electron chi connectivity index (χ2n) is 4.43. The van der Waals surface area contributed by atoms with Crippen molar-refractivity contribution in [2.24, 2.45) is 0 Å². The lowest BCUT2D eigenvalue weighted by Gasteiger charge is -2.18. The van der Waals surface area contributed by atoms with Crippen LogP contribution in [0.25, 0.3) is 0 Å². The highest BCUT2D eigenvalue weighted by atomic mass is 79.9. The van der Waals surface area contributed by atoms with Gasteiger partial charge in [-0.05, 0) is 40.5 Å². The maximum atomic E-state index is 12.4. The van der Waals surface area contributed by atoms with Crippen molar-refractivity contribution in [2.45, 2.75) is 13.5 Å². The number of thiophene rings is 1. The summed E-state index contributed by atoms with van der Waals surface area (Å²) in [7, 11) is 1.79. The smallest absolute Gasteiger partial charge is 0.256 e. The summed E-state index contributed by atoms with van der Waals surface area (Å²) in [4.78, 5) is 15.3. The normalized spacial score (nSPS) is 10.5. The molecule has 0 bridgehead atoms. The molecule has 2 N–H and O–H groups in total. The van der Waals surface area contributed by atoms with Gasteiger partial charge in [0.15, 0.2) is 0 Å². The van der Waals surface area contributed by atoms with Crippen LogP contribution in [0.3, 0.4) is 0 Å². The van der Waals surface area contributed by atoms with Crippen molar-refractivity contribution >= 4 is 38.9 Å². The Morgan fingerprint density at radius 1 is 1.47 bits per heavy atom. The van der Waals surface area contributed by atoms with Gasteiger partial charge in [-0.2, -0.15) is 0 Å². The van der Waals surface area contributed by atoms with Gasteiger partial charge in [-0.1, -0.05) is 12.1 Å². The quantitative estimate of drug-likeness (QED) is 0.868. The second-order valence-corrected chi connectivity index (χ2v) is 6.34. The third kappa shape index (κ3) is 3.16. The third-order valence-corrected chi connectivity index (χ3v) is 4.56. The van der Waals surface area contributed by atoms with Crippen molar-refractivity contribution in [3.8, 4) is 0 Å². The molecule has 2 rings (SSSR count). The molecule has 0 atom stereocenters. The average molecular weight is 339 g/mol. The van der Waals surface area contributed by atoms with Crippen molar-refractivity contribution in [3.05, 3.63) is 50.1 Å². The number of nitrogens with two attached hydrogens (primary N) is 1. The molecule has 0 unspecified atom stereocenters. The zero-order valence-electron chi connectivity index (χ0n) is 10.8. The molecule has 1 aromatic carbocycles. The van der Waals surface area contributed by atoms with Crippen LogP contribution in [-0.4, -0.2) is 17.9 Å². The van der Waals surface area contributed by atoms with Crippen molar-refractivity contribution in [2.75, 3.05) is 12.8 Å². The van der Waals surface area contributed by atoms with E-state index in [1.165, 1.54) is 0 Å². The number of aryl methyl sites for hydroxylation is 1. The van der Waals surface area contributed by atoms with E-state index in [1.807, 2.05) is 30.5 Å². The van der Waals surface area contributed by atoms with Crippen molar-refractivity contribution in [1.29, 1.82) is 0 Å². The van der Waals surface area contributed by atoms with Crippen molar-refractivity contribution < 1.29 is 4.79 Å². The molecule has 5 heteroatoms. The first-order chi connectivity index (χ1) is 8.99. The molecule has 0 aliphatic heterocycles. The van der Waals surface area contributed by atoms with Gasteiger partial charge in [0, 0.05) is 27.5 Å². The van der Waals surface area contributed by atoms with E-state index in [2.05, 4.69) is 15.9 Å². The van der Waals surface area contributed by atoms with Crippen LogP contribution in [0.1, 0.15) is 20.8 Å². The molecule has 1 amide bonds. The van der Waals surface area contributed by atoms with E-state index in [1.54, 1.807) is 29.4 Å². The lowest BCUT2D eigenvalue weighted by atomic mass is 10.1. The highest BCUT2D eigenvalue weighted by Crippen LogP contribution is 2.23. The average Bonchev–Trinajstić information content (AvgIpc) is 2.74. The molecule has 0 spiro atoms. The molecular formula is C14H15BrN2OS. The Morgan fingerprint density at radius 2 is 2.21 bits per heavy atom. The summed E-state index contributed by atoms with van der Waals surface area (Å²) in [5, 5.41) is 2.01. The van der Waals surface area contributed by atoms with Crippen LogP contribution in [0.5, 0.6) is 0 Å². The van der Waals surface area contributed by atoms with E-state index in [-0.39, 0.29) is 5.91 Å². The molecule has 0 saturated heterocycles. The summed E-state index contributed by atoms with van der Waals surface area (Å²) in [6, 6.07) is 7.54. The zero-order chi connectivity index (χ0) is 14.0. The number of carbonyl (C=O) groups excluding carboxylic acids is 1. The number of hydrogen-bond acceptors (Lipinski definition) is 3. The standard InChI is InChI=1S/C14H15BrN2OS/c1-9-4-3-5-12(16)13(9)14(18)17(2)7-11-6-10(15)8-19-11/h3-6,8H,7,16H2,1-2H3. The maximum Gasteiger partial charge on any atom is 0.256 e. The first-order valence-electron chi connectivity index (χ1n) is 5.82. The Morgan fingerprint density at radius 3 is 2.79 bits per heavy atom. The van der Waals surface area contributed by atoms with E-state index >= 15 is 0 Å². The molecule has 1 aromatic heterocycles. The summed E-state index contributed by atoms with van der Waals surface area (Å²) < 4.78 is 1.05. The highest BCUT2D eigenvalue weighted by molar-refractivity contribution is 9.10. The van der Waals surface area contributed by atoms with E-state index in [9.17, 15) is 4.79 Å². The molecule has 100 valence electrons. The van der Waals surface area contributed by atoms with Gasteiger partial charge < -0.3 is 10.6 Å². The van der Waals surface area contributed by atoms with Gasteiger partial charge in [-0.15, -0.1) is 11.3 Å². The third-order valence-electron chi connectivity index (χ3n) is 2.88. The number of amides is 1. The molecule has 0 saturated carbocycles. The first kappa shape index (κ1) is 14.1. The van der Waals surface area contributed by atoms with Gasteiger partial charge in [0.2, 0.25) is 0 Å². The summed E-state index contributed by atoms with van der Waals surface area (Å²) >= 11 is 5.04. The predicted molar refractivity (Wildman–Crippen MR) is 83.4 cm³/mol. The van der Waals surface area contributed by atoms with Gasteiger partial charge in [0.25, 0.3) is 5.91 Å². The lowest BCUT2D eigenvalue weighted by Crippen LogP contribution is -2.27. The number of nitrogen functional groups attached to an aromatic ring is 1. The van der Waals surface area contributed by atoms with E-state index in [0.717, 1.165) is 14.9 Å². The Labute approximate surface area is 125 Å². The fourth-order valence-corrected chi connectivity index (χ4v) is 3.42. The number of nitrogens with zero attached hydrogens (tertiary/aromatic N) is 1. The summed E-state index contributed by atoms with van der Waals surface area (Å²) in [5.74, 6) is -0.0416. The number of carbonyl (C=O) groups is 1. The largest absolute Gasteiger partial charge is 0.398 e. The molecule has 0 aliphatic rings. The van der Waals surface area contributed by atoms with Gasteiger partial charge in [-0.3, -0.25) is 4.79 Å². The Bertz CT molecular complexity index is 589. The maximum absolute atomic E-state index is 12.4. The summed E-state index contributed by atoms with van der Waals surface area (Å²) in [6.07, 6.45) is 0. The number of hydrogen-bond donors (Lipinski definition) is 1. The molecule has 0 aliphatic carbocycles. The fraction of sp³-hybridized carbons (Fsp3) is 0.214. The van der Waals surface area contributed by atoms with Crippen molar-refractivity contribution in [3.63, 3.8) is 0 Å². The number of halogens is 1. The molecule has 1 heterocycles. The van der Waals surface area contributed by atoms with Gasteiger partial charge >= 0.3 is 0 Å². The molecule has 0 radical (unpaired) electrons.